The summed E-state index contributed by atoms with van der Waals surface area (Å²) < 4.78 is 42.0. The highest BCUT2D eigenvalue weighted by Gasteiger charge is 2.45. The van der Waals surface area contributed by atoms with Gasteiger partial charge in [-0.25, -0.2) is 4.39 Å². The van der Waals surface area contributed by atoms with Gasteiger partial charge in [-0.15, -0.1) is 0 Å². The van der Waals surface area contributed by atoms with Crippen LogP contribution in [-0.4, -0.2) is 5.78 Å². The lowest BCUT2D eigenvalue weighted by Gasteiger charge is -2.21. The van der Waals surface area contributed by atoms with Crippen molar-refractivity contribution < 1.29 is 18.0 Å². The van der Waals surface area contributed by atoms with Gasteiger partial charge in [0.2, 0.25) is 5.78 Å². The minimum atomic E-state index is -3.81. The summed E-state index contributed by atoms with van der Waals surface area (Å²) in [5.74, 6) is -6.25. The Morgan fingerprint density at radius 1 is 1.00 bits per heavy atom. The van der Waals surface area contributed by atoms with Crippen LogP contribution in [0, 0.1) is 5.82 Å². The summed E-state index contributed by atoms with van der Waals surface area (Å²) in [5.41, 5.74) is 1.64. The fourth-order valence-corrected chi connectivity index (χ4v) is 2.80. The molecule has 1 aliphatic carbocycles. The van der Waals surface area contributed by atoms with E-state index in [2.05, 4.69) is 6.92 Å². The predicted octanol–water partition coefficient (Wildman–Crippen LogP) is 5.13. The lowest BCUT2D eigenvalue weighted by Crippen LogP contribution is -2.29. The number of hydrogen-bond acceptors (Lipinski definition) is 1. The lowest BCUT2D eigenvalue weighted by molar-refractivity contribution is -0.139. The first-order chi connectivity index (χ1) is 10.9. The summed E-state index contributed by atoms with van der Waals surface area (Å²) in [7, 11) is 0. The van der Waals surface area contributed by atoms with Crippen LogP contribution in [0.1, 0.15) is 30.0 Å². The molecule has 0 aliphatic heterocycles. The van der Waals surface area contributed by atoms with Gasteiger partial charge in [-0.3, -0.25) is 4.79 Å². The van der Waals surface area contributed by atoms with Crippen LogP contribution in [0.25, 0.3) is 17.2 Å². The number of hydrogen-bond donors (Lipinski definition) is 0. The predicted molar refractivity (Wildman–Crippen MR) is 83.8 cm³/mol. The first-order valence-electron chi connectivity index (χ1n) is 7.47. The number of benzene rings is 2. The highest BCUT2D eigenvalue weighted by molar-refractivity contribution is 6.03. The van der Waals surface area contributed by atoms with E-state index in [4.69, 9.17) is 0 Å². The maximum absolute atomic E-state index is 14.2. The van der Waals surface area contributed by atoms with Gasteiger partial charge in [0.1, 0.15) is 5.82 Å². The molecule has 0 N–H and O–H groups in total. The minimum Gasteiger partial charge on any atom is -0.288 e. The smallest absolute Gasteiger partial charge is 0.288 e. The van der Waals surface area contributed by atoms with Crippen LogP contribution in [-0.2, 0) is 17.1 Å². The molecule has 0 saturated heterocycles. The Bertz CT molecular complexity index is 789. The van der Waals surface area contributed by atoms with E-state index in [1.807, 2.05) is 24.3 Å². The number of rotatable bonds is 3. The Labute approximate surface area is 132 Å². The molecule has 23 heavy (non-hydrogen) atoms. The Morgan fingerprint density at radius 2 is 1.70 bits per heavy atom. The van der Waals surface area contributed by atoms with Crippen molar-refractivity contribution in [3.63, 3.8) is 0 Å². The molecule has 0 heterocycles. The van der Waals surface area contributed by atoms with Crippen LogP contribution >= 0.6 is 0 Å². The topological polar surface area (TPSA) is 17.1 Å². The van der Waals surface area contributed by atoms with Crippen molar-refractivity contribution in [2.75, 3.05) is 0 Å². The molecule has 118 valence electrons. The van der Waals surface area contributed by atoms with Gasteiger partial charge in [0.25, 0.3) is 0 Å². The van der Waals surface area contributed by atoms with Crippen LogP contribution < -0.4 is 0 Å². The molecule has 3 rings (SSSR count). The third-order valence-electron chi connectivity index (χ3n) is 3.98. The second kappa shape index (κ2) is 5.69. The molecule has 0 radical (unpaired) electrons. The average molecular weight is 316 g/mol. The Hall–Kier alpha value is -2.36. The maximum Gasteiger partial charge on any atom is 0.337 e. The van der Waals surface area contributed by atoms with Crippen molar-refractivity contribution in [3.05, 3.63) is 65.0 Å². The van der Waals surface area contributed by atoms with Crippen molar-refractivity contribution in [3.8, 4) is 11.1 Å². The van der Waals surface area contributed by atoms with Gasteiger partial charge in [-0.1, -0.05) is 43.7 Å². The third kappa shape index (κ3) is 2.69. The Kier molecular flexibility index (Phi) is 3.84. The van der Waals surface area contributed by atoms with Crippen molar-refractivity contribution in [2.24, 2.45) is 0 Å². The maximum atomic E-state index is 14.2. The summed E-state index contributed by atoms with van der Waals surface area (Å²) in [6.07, 6.45) is 4.03. The molecule has 1 nitrogen and oxygen atoms in total. The van der Waals surface area contributed by atoms with E-state index in [0.717, 1.165) is 30.5 Å². The van der Waals surface area contributed by atoms with Gasteiger partial charge in [0.15, 0.2) is 0 Å². The van der Waals surface area contributed by atoms with Gasteiger partial charge in [-0.05, 0) is 46.9 Å². The summed E-state index contributed by atoms with van der Waals surface area (Å²) in [6.45, 7) is 2.08. The monoisotopic (exact) mass is 316 g/mol. The molecule has 2 aromatic carbocycles. The number of halogens is 3. The van der Waals surface area contributed by atoms with Crippen molar-refractivity contribution in [1.29, 1.82) is 0 Å². The molecular weight excluding hydrogens is 301 g/mol. The number of ketones is 1. The summed E-state index contributed by atoms with van der Waals surface area (Å²) >= 11 is 0. The standard InChI is InChI=1S/C19H15F3O/c1-2-3-12-4-6-13(7-5-12)15-10-14-8-9-17(23)19(21,22)18(14)16(20)11-15/h4-11H,2-3H2,1H3. The van der Waals surface area contributed by atoms with Crippen molar-refractivity contribution in [1.82, 2.24) is 0 Å². The summed E-state index contributed by atoms with van der Waals surface area (Å²) in [4.78, 5) is 11.3. The largest absolute Gasteiger partial charge is 0.337 e. The second-order valence-electron chi connectivity index (χ2n) is 5.64. The van der Waals surface area contributed by atoms with Crippen LogP contribution in [0.15, 0.2) is 42.5 Å². The van der Waals surface area contributed by atoms with Crippen LogP contribution in [0.3, 0.4) is 0 Å². The molecule has 0 bridgehead atoms. The summed E-state index contributed by atoms with van der Waals surface area (Å²) in [6, 6.07) is 10.1. The number of carbonyl (C=O) groups is 1. The second-order valence-corrected chi connectivity index (χ2v) is 5.64. The van der Waals surface area contributed by atoms with Crippen LogP contribution in [0.5, 0.6) is 0 Å². The first kappa shape index (κ1) is 15.5. The molecule has 0 atom stereocenters. The van der Waals surface area contributed by atoms with Crippen LogP contribution in [0.2, 0.25) is 0 Å². The minimum absolute atomic E-state index is 0.0437. The van der Waals surface area contributed by atoms with Gasteiger partial charge >= 0.3 is 5.92 Å². The molecular formula is C19H15F3O. The van der Waals surface area contributed by atoms with Gasteiger partial charge < -0.3 is 0 Å². The number of aryl methyl sites for hydroxylation is 1. The quantitative estimate of drug-likeness (QED) is 0.767. The average Bonchev–Trinajstić information content (AvgIpc) is 2.51. The summed E-state index contributed by atoms with van der Waals surface area (Å²) in [5, 5.41) is 0. The molecule has 4 heteroatoms. The fraction of sp³-hybridized carbons (Fsp3) is 0.211. The molecule has 0 fully saturated rings. The van der Waals surface area contributed by atoms with E-state index < -0.39 is 23.1 Å². The highest BCUT2D eigenvalue weighted by Crippen LogP contribution is 2.40. The van der Waals surface area contributed by atoms with Crippen molar-refractivity contribution in [2.45, 2.75) is 25.7 Å². The number of allylic oxidation sites excluding steroid dienone is 1. The third-order valence-corrected chi connectivity index (χ3v) is 3.98. The molecule has 0 unspecified atom stereocenters. The van der Waals surface area contributed by atoms with Gasteiger partial charge in [-0.2, -0.15) is 8.78 Å². The number of carbonyl (C=O) groups excluding carboxylic acids is 1. The normalized spacial score (nSPS) is 15.6. The SMILES string of the molecule is CCCc1ccc(-c2cc(F)c3c(c2)C=CC(=O)C3(F)F)cc1. The van der Waals surface area contributed by atoms with E-state index in [0.29, 0.717) is 5.56 Å². The van der Waals surface area contributed by atoms with Crippen molar-refractivity contribution >= 4 is 11.9 Å². The molecule has 0 spiro atoms. The zero-order valence-electron chi connectivity index (χ0n) is 12.6. The Morgan fingerprint density at radius 3 is 2.35 bits per heavy atom. The van der Waals surface area contributed by atoms with Crippen LogP contribution in [0.4, 0.5) is 13.2 Å². The fourth-order valence-electron chi connectivity index (χ4n) is 2.80. The van der Waals surface area contributed by atoms with E-state index in [1.54, 1.807) is 0 Å². The molecule has 0 aromatic heterocycles. The van der Waals surface area contributed by atoms with E-state index in [1.165, 1.54) is 17.7 Å². The van der Waals surface area contributed by atoms with E-state index in [-0.39, 0.29) is 5.56 Å². The highest BCUT2D eigenvalue weighted by atomic mass is 19.3. The molecule has 2 aromatic rings. The Balaban J connectivity index is 2.06. The zero-order chi connectivity index (χ0) is 16.6. The number of alkyl halides is 2. The van der Waals surface area contributed by atoms with E-state index in [9.17, 15) is 18.0 Å². The molecule has 0 amide bonds. The first-order valence-corrected chi connectivity index (χ1v) is 7.47. The zero-order valence-corrected chi connectivity index (χ0v) is 12.6. The van der Waals surface area contributed by atoms with E-state index >= 15 is 0 Å². The van der Waals surface area contributed by atoms with Gasteiger partial charge in [0, 0.05) is 0 Å². The number of fused-ring (bicyclic) bond motifs is 1. The molecule has 0 saturated carbocycles. The van der Waals surface area contributed by atoms with Gasteiger partial charge in [0.05, 0.1) is 5.56 Å². The molecule has 1 aliphatic rings. The lowest BCUT2D eigenvalue weighted by atomic mass is 9.89.